The number of nitro benzene ring substituents is 1. The molecule has 0 aromatic heterocycles. The Morgan fingerprint density at radius 1 is 1.32 bits per heavy atom. The van der Waals surface area contributed by atoms with Crippen molar-refractivity contribution in [1.82, 2.24) is 10.6 Å². The van der Waals surface area contributed by atoms with E-state index >= 15 is 0 Å². The lowest BCUT2D eigenvalue weighted by atomic mass is 9.93. The summed E-state index contributed by atoms with van der Waals surface area (Å²) in [5, 5.41) is 26.1. The van der Waals surface area contributed by atoms with E-state index in [-0.39, 0.29) is 17.8 Å². The van der Waals surface area contributed by atoms with Gasteiger partial charge >= 0.3 is 6.03 Å². The van der Waals surface area contributed by atoms with Crippen molar-refractivity contribution in [2.75, 3.05) is 6.54 Å². The summed E-state index contributed by atoms with van der Waals surface area (Å²) in [4.78, 5) is 22.3. The first-order valence-corrected chi connectivity index (χ1v) is 7.52. The van der Waals surface area contributed by atoms with Gasteiger partial charge in [-0.15, -0.1) is 0 Å². The number of carbonyl (C=O) groups is 1. The molecular formula is C15H21N3O4. The number of nitrogens with zero attached hydrogens (tertiary/aromatic N) is 1. The Hall–Kier alpha value is -2.15. The molecule has 7 nitrogen and oxygen atoms in total. The van der Waals surface area contributed by atoms with Crippen LogP contribution in [0.2, 0.25) is 0 Å². The molecule has 7 heteroatoms. The summed E-state index contributed by atoms with van der Waals surface area (Å²) >= 11 is 0. The zero-order valence-corrected chi connectivity index (χ0v) is 12.3. The SMILES string of the molecule is O=C(NCCc1ccccc1[N+](=O)[O-])N[C@@H]1CCCC[C@@H]1O. The van der Waals surface area contributed by atoms with Crippen molar-refractivity contribution in [3.63, 3.8) is 0 Å². The molecule has 1 aliphatic rings. The van der Waals surface area contributed by atoms with Crippen molar-refractivity contribution in [2.24, 2.45) is 0 Å². The van der Waals surface area contributed by atoms with E-state index in [1.54, 1.807) is 18.2 Å². The maximum absolute atomic E-state index is 11.8. The van der Waals surface area contributed by atoms with E-state index in [9.17, 15) is 20.0 Å². The lowest BCUT2D eigenvalue weighted by molar-refractivity contribution is -0.385. The van der Waals surface area contributed by atoms with Gasteiger partial charge in [0.15, 0.2) is 0 Å². The number of urea groups is 1. The van der Waals surface area contributed by atoms with E-state index in [0.717, 1.165) is 19.3 Å². The number of para-hydroxylation sites is 1. The molecule has 0 unspecified atom stereocenters. The topological polar surface area (TPSA) is 104 Å². The van der Waals surface area contributed by atoms with E-state index in [1.807, 2.05) is 0 Å². The highest BCUT2D eigenvalue weighted by Gasteiger charge is 2.24. The molecule has 2 rings (SSSR count). The number of hydrogen-bond donors (Lipinski definition) is 3. The average Bonchev–Trinajstić information content (AvgIpc) is 2.50. The first-order chi connectivity index (χ1) is 10.6. The molecule has 0 heterocycles. The molecule has 1 fully saturated rings. The van der Waals surface area contributed by atoms with Crippen LogP contribution in [-0.2, 0) is 6.42 Å². The van der Waals surface area contributed by atoms with E-state index in [0.29, 0.717) is 24.9 Å². The molecule has 2 amide bonds. The summed E-state index contributed by atoms with van der Waals surface area (Å²) in [6, 6.07) is 5.94. The van der Waals surface area contributed by atoms with Gasteiger partial charge in [-0.25, -0.2) is 4.79 Å². The molecule has 0 saturated heterocycles. The van der Waals surface area contributed by atoms with Crippen molar-refractivity contribution in [3.05, 3.63) is 39.9 Å². The number of nitrogens with one attached hydrogen (secondary N) is 2. The number of carbonyl (C=O) groups excluding carboxylic acids is 1. The van der Waals surface area contributed by atoms with E-state index < -0.39 is 11.0 Å². The van der Waals surface area contributed by atoms with Gasteiger partial charge in [-0.1, -0.05) is 31.0 Å². The summed E-state index contributed by atoms with van der Waals surface area (Å²) in [5.41, 5.74) is 0.651. The number of amides is 2. The van der Waals surface area contributed by atoms with Crippen molar-refractivity contribution in [2.45, 2.75) is 44.2 Å². The van der Waals surface area contributed by atoms with Crippen molar-refractivity contribution in [3.8, 4) is 0 Å². The lowest BCUT2D eigenvalue weighted by Crippen LogP contribution is -2.49. The second-order valence-electron chi connectivity index (χ2n) is 5.49. The van der Waals surface area contributed by atoms with Gasteiger partial charge in [-0.2, -0.15) is 0 Å². The highest BCUT2D eigenvalue weighted by Crippen LogP contribution is 2.19. The molecule has 0 aliphatic heterocycles. The van der Waals surface area contributed by atoms with Crippen LogP contribution in [0.4, 0.5) is 10.5 Å². The number of benzene rings is 1. The Morgan fingerprint density at radius 3 is 2.77 bits per heavy atom. The molecule has 0 radical (unpaired) electrons. The molecule has 1 aromatic carbocycles. The molecular weight excluding hydrogens is 286 g/mol. The third-order valence-electron chi connectivity index (χ3n) is 3.91. The van der Waals surface area contributed by atoms with Gasteiger partial charge in [0, 0.05) is 18.2 Å². The zero-order chi connectivity index (χ0) is 15.9. The van der Waals surface area contributed by atoms with Crippen LogP contribution in [0.25, 0.3) is 0 Å². The van der Waals surface area contributed by atoms with Gasteiger partial charge in [-0.3, -0.25) is 10.1 Å². The van der Waals surface area contributed by atoms with Crippen LogP contribution in [-0.4, -0.2) is 34.8 Å². The third-order valence-corrected chi connectivity index (χ3v) is 3.91. The predicted molar refractivity (Wildman–Crippen MR) is 81.6 cm³/mol. The molecule has 1 aliphatic carbocycles. The van der Waals surface area contributed by atoms with Crippen LogP contribution >= 0.6 is 0 Å². The second kappa shape index (κ2) is 7.74. The highest BCUT2D eigenvalue weighted by molar-refractivity contribution is 5.74. The Kier molecular flexibility index (Phi) is 5.71. The summed E-state index contributed by atoms with van der Waals surface area (Å²) in [6.45, 7) is 0.305. The Morgan fingerprint density at radius 2 is 2.05 bits per heavy atom. The number of aliphatic hydroxyl groups is 1. The van der Waals surface area contributed by atoms with Crippen LogP contribution < -0.4 is 10.6 Å². The van der Waals surface area contributed by atoms with Crippen LogP contribution in [0, 0.1) is 10.1 Å². The van der Waals surface area contributed by atoms with Crippen molar-refractivity contribution >= 4 is 11.7 Å². The van der Waals surface area contributed by atoms with Gasteiger partial charge in [0.1, 0.15) is 0 Å². The van der Waals surface area contributed by atoms with Gasteiger partial charge in [-0.05, 0) is 19.3 Å². The van der Waals surface area contributed by atoms with Crippen LogP contribution in [0.5, 0.6) is 0 Å². The van der Waals surface area contributed by atoms with Gasteiger partial charge < -0.3 is 15.7 Å². The minimum absolute atomic E-state index is 0.0624. The molecule has 22 heavy (non-hydrogen) atoms. The Balaban J connectivity index is 1.78. The summed E-state index contributed by atoms with van der Waals surface area (Å²) in [6.07, 6.45) is 3.36. The number of aliphatic hydroxyl groups excluding tert-OH is 1. The maximum Gasteiger partial charge on any atom is 0.315 e. The highest BCUT2D eigenvalue weighted by atomic mass is 16.6. The first-order valence-electron chi connectivity index (χ1n) is 7.52. The lowest BCUT2D eigenvalue weighted by Gasteiger charge is -2.28. The molecule has 1 saturated carbocycles. The van der Waals surface area contributed by atoms with E-state index in [4.69, 9.17) is 0 Å². The number of rotatable bonds is 5. The minimum atomic E-state index is -0.491. The fourth-order valence-electron chi connectivity index (χ4n) is 2.71. The first kappa shape index (κ1) is 16.2. The van der Waals surface area contributed by atoms with Crippen LogP contribution in [0.1, 0.15) is 31.2 Å². The molecule has 0 bridgehead atoms. The standard InChI is InChI=1S/C15H21N3O4/c19-14-8-4-2-6-12(14)17-15(20)16-10-9-11-5-1-3-7-13(11)18(21)22/h1,3,5,7,12,14,19H,2,4,6,8-10H2,(H2,16,17,20)/t12-,14+/m1/s1. The van der Waals surface area contributed by atoms with Crippen molar-refractivity contribution in [1.29, 1.82) is 0 Å². The smallest absolute Gasteiger partial charge is 0.315 e. The molecule has 3 N–H and O–H groups in total. The number of nitro groups is 1. The summed E-state index contributed by atoms with van der Waals surface area (Å²) in [5.74, 6) is 0. The molecule has 1 aromatic rings. The van der Waals surface area contributed by atoms with E-state index in [2.05, 4.69) is 10.6 Å². The Bertz CT molecular complexity index is 535. The normalized spacial score (nSPS) is 21.1. The van der Waals surface area contributed by atoms with Gasteiger partial charge in [0.05, 0.1) is 17.1 Å². The molecule has 2 atom stereocenters. The second-order valence-corrected chi connectivity index (χ2v) is 5.49. The van der Waals surface area contributed by atoms with Crippen molar-refractivity contribution < 1.29 is 14.8 Å². The monoisotopic (exact) mass is 307 g/mol. The average molecular weight is 307 g/mol. The van der Waals surface area contributed by atoms with Gasteiger partial charge in [0.25, 0.3) is 5.69 Å². The zero-order valence-electron chi connectivity index (χ0n) is 12.3. The van der Waals surface area contributed by atoms with Crippen LogP contribution in [0.3, 0.4) is 0 Å². The molecule has 120 valence electrons. The quantitative estimate of drug-likeness (QED) is 0.569. The van der Waals surface area contributed by atoms with Crippen LogP contribution in [0.15, 0.2) is 24.3 Å². The fourth-order valence-corrected chi connectivity index (χ4v) is 2.71. The fraction of sp³-hybridized carbons (Fsp3) is 0.533. The largest absolute Gasteiger partial charge is 0.391 e. The maximum atomic E-state index is 11.8. The predicted octanol–water partition coefficient (Wildman–Crippen LogP) is 1.74. The molecule has 0 spiro atoms. The van der Waals surface area contributed by atoms with E-state index in [1.165, 1.54) is 6.07 Å². The Labute approximate surface area is 128 Å². The van der Waals surface area contributed by atoms with Gasteiger partial charge in [0.2, 0.25) is 0 Å². The third kappa shape index (κ3) is 4.42. The number of hydrogen-bond acceptors (Lipinski definition) is 4. The summed E-state index contributed by atoms with van der Waals surface area (Å²) in [7, 11) is 0. The summed E-state index contributed by atoms with van der Waals surface area (Å²) < 4.78 is 0. The minimum Gasteiger partial charge on any atom is -0.391 e.